The first-order valence-electron chi connectivity index (χ1n) is 8.78. The van der Waals surface area contributed by atoms with Crippen molar-refractivity contribution >= 4 is 28.8 Å². The summed E-state index contributed by atoms with van der Waals surface area (Å²) in [6.45, 7) is 4.24. The van der Waals surface area contributed by atoms with Gasteiger partial charge in [-0.15, -0.1) is 11.3 Å². The molecule has 1 aromatic heterocycles. The lowest BCUT2D eigenvalue weighted by molar-refractivity contribution is 0.0939. The lowest BCUT2D eigenvalue weighted by Gasteiger charge is -2.12. The van der Waals surface area contributed by atoms with Crippen LogP contribution in [0, 0.1) is 0 Å². The fourth-order valence-electron chi connectivity index (χ4n) is 2.51. The first-order valence-corrected chi connectivity index (χ1v) is 10.0. The molecule has 7 heteroatoms. The van der Waals surface area contributed by atoms with Gasteiger partial charge in [0.25, 0.3) is 5.91 Å². The van der Waals surface area contributed by atoms with Crippen molar-refractivity contribution in [1.29, 1.82) is 0 Å². The zero-order valence-corrected chi connectivity index (χ0v) is 17.4. The van der Waals surface area contributed by atoms with E-state index in [4.69, 9.17) is 21.1 Å². The third-order valence-corrected chi connectivity index (χ3v) is 5.02. The molecule has 0 aliphatic carbocycles. The molecule has 0 saturated carbocycles. The van der Waals surface area contributed by atoms with Crippen molar-refractivity contribution in [2.45, 2.75) is 26.5 Å². The average Bonchev–Trinajstić information content (AvgIpc) is 3.17. The molecule has 5 nitrogen and oxygen atoms in total. The van der Waals surface area contributed by atoms with Gasteiger partial charge in [-0.05, 0) is 49.7 Å². The summed E-state index contributed by atoms with van der Waals surface area (Å²) in [4.78, 5) is 16.5. The molecular formula is C21H21ClN2O3S. The van der Waals surface area contributed by atoms with Gasteiger partial charge in [-0.1, -0.05) is 23.7 Å². The first-order chi connectivity index (χ1) is 13.5. The number of nitrogens with one attached hydrogen (secondary N) is 1. The molecule has 0 atom stereocenters. The fraction of sp³-hybridized carbons (Fsp3) is 0.238. The summed E-state index contributed by atoms with van der Waals surface area (Å²) in [5.74, 6) is 1.07. The molecule has 28 heavy (non-hydrogen) atoms. The Morgan fingerprint density at radius 3 is 2.61 bits per heavy atom. The Balaban J connectivity index is 1.75. The van der Waals surface area contributed by atoms with Gasteiger partial charge in [0, 0.05) is 22.0 Å². The van der Waals surface area contributed by atoms with E-state index in [9.17, 15) is 4.79 Å². The minimum Gasteiger partial charge on any atom is -0.493 e. The Labute approximate surface area is 173 Å². The van der Waals surface area contributed by atoms with Gasteiger partial charge in [-0.3, -0.25) is 4.79 Å². The molecule has 2 aromatic carbocycles. The quantitative estimate of drug-likeness (QED) is 0.575. The lowest BCUT2D eigenvalue weighted by Crippen LogP contribution is -2.30. The summed E-state index contributed by atoms with van der Waals surface area (Å²) in [5, 5.41) is 6.04. The normalized spacial score (nSPS) is 10.8. The molecule has 3 rings (SSSR count). The number of aromatic nitrogens is 1. The van der Waals surface area contributed by atoms with Gasteiger partial charge in [0.15, 0.2) is 11.5 Å². The third-order valence-electron chi connectivity index (χ3n) is 3.87. The number of methoxy groups -OCH3 is 1. The van der Waals surface area contributed by atoms with E-state index < -0.39 is 0 Å². The van der Waals surface area contributed by atoms with Crippen LogP contribution in [0.3, 0.4) is 0 Å². The van der Waals surface area contributed by atoms with E-state index in [2.05, 4.69) is 10.3 Å². The van der Waals surface area contributed by atoms with E-state index in [1.807, 2.05) is 56.3 Å². The SMILES string of the molecule is COc1cc(-c2nc(C(=O)NC(C)C)cs2)ccc1OCc1ccc(Cl)cc1. The molecule has 1 amide bonds. The zero-order valence-electron chi connectivity index (χ0n) is 15.9. The number of hydrogen-bond acceptors (Lipinski definition) is 5. The van der Waals surface area contributed by atoms with Gasteiger partial charge >= 0.3 is 0 Å². The van der Waals surface area contributed by atoms with Gasteiger partial charge in [-0.2, -0.15) is 0 Å². The van der Waals surface area contributed by atoms with E-state index in [1.165, 1.54) is 11.3 Å². The number of benzene rings is 2. The monoisotopic (exact) mass is 416 g/mol. The van der Waals surface area contributed by atoms with Crippen LogP contribution in [0.2, 0.25) is 5.02 Å². The van der Waals surface area contributed by atoms with Gasteiger partial charge in [0.05, 0.1) is 7.11 Å². The maximum atomic E-state index is 12.1. The standard InChI is InChI=1S/C21H21ClN2O3S/c1-13(2)23-20(25)17-12-28-21(24-17)15-6-9-18(19(10-15)26-3)27-11-14-4-7-16(22)8-5-14/h4-10,12-13H,11H2,1-3H3,(H,23,25). The molecule has 0 bridgehead atoms. The second-order valence-electron chi connectivity index (χ2n) is 6.45. The van der Waals surface area contributed by atoms with Gasteiger partial charge in [-0.25, -0.2) is 4.98 Å². The molecule has 0 unspecified atom stereocenters. The summed E-state index contributed by atoms with van der Waals surface area (Å²) in [7, 11) is 1.59. The molecule has 0 aliphatic heterocycles. The predicted molar refractivity (Wildman–Crippen MR) is 112 cm³/mol. The van der Waals surface area contributed by atoms with Crippen molar-refractivity contribution in [3.8, 4) is 22.1 Å². The number of halogens is 1. The molecule has 1 N–H and O–H groups in total. The smallest absolute Gasteiger partial charge is 0.270 e. The highest BCUT2D eigenvalue weighted by Gasteiger charge is 2.14. The van der Waals surface area contributed by atoms with Crippen LogP contribution in [0.5, 0.6) is 11.5 Å². The highest BCUT2D eigenvalue weighted by Crippen LogP contribution is 2.34. The molecule has 1 heterocycles. The Hall–Kier alpha value is -2.57. The number of carbonyl (C=O) groups is 1. The maximum absolute atomic E-state index is 12.1. The summed E-state index contributed by atoms with van der Waals surface area (Å²) < 4.78 is 11.4. The van der Waals surface area contributed by atoms with Crippen LogP contribution in [0.1, 0.15) is 29.9 Å². The van der Waals surface area contributed by atoms with Crippen LogP contribution >= 0.6 is 22.9 Å². The average molecular weight is 417 g/mol. The summed E-state index contributed by atoms with van der Waals surface area (Å²) in [6.07, 6.45) is 0. The van der Waals surface area contributed by atoms with E-state index in [-0.39, 0.29) is 11.9 Å². The molecule has 0 saturated heterocycles. The van der Waals surface area contributed by atoms with Gasteiger partial charge in [0.1, 0.15) is 17.3 Å². The Morgan fingerprint density at radius 1 is 1.18 bits per heavy atom. The summed E-state index contributed by atoms with van der Waals surface area (Å²) >= 11 is 7.32. The predicted octanol–water partition coefficient (Wildman–Crippen LogP) is 5.19. The minimum atomic E-state index is -0.174. The molecule has 0 aliphatic rings. The van der Waals surface area contributed by atoms with Gasteiger partial charge < -0.3 is 14.8 Å². The van der Waals surface area contributed by atoms with Crippen LogP contribution in [0.4, 0.5) is 0 Å². The number of amides is 1. The van der Waals surface area contributed by atoms with E-state index in [1.54, 1.807) is 12.5 Å². The van der Waals surface area contributed by atoms with E-state index in [0.29, 0.717) is 28.8 Å². The van der Waals surface area contributed by atoms with Crippen LogP contribution in [0.15, 0.2) is 47.8 Å². The summed E-state index contributed by atoms with van der Waals surface area (Å²) in [6, 6.07) is 13.2. The van der Waals surface area contributed by atoms with Crippen molar-refractivity contribution < 1.29 is 14.3 Å². The molecular weight excluding hydrogens is 396 g/mol. The molecule has 0 spiro atoms. The van der Waals surface area contributed by atoms with Crippen LogP contribution in [0.25, 0.3) is 10.6 Å². The Morgan fingerprint density at radius 2 is 1.93 bits per heavy atom. The number of ether oxygens (including phenoxy) is 2. The lowest BCUT2D eigenvalue weighted by atomic mass is 10.2. The number of carbonyl (C=O) groups excluding carboxylic acids is 1. The number of thiazole rings is 1. The number of hydrogen-bond donors (Lipinski definition) is 1. The number of nitrogens with zero attached hydrogens (tertiary/aromatic N) is 1. The van der Waals surface area contributed by atoms with Crippen LogP contribution < -0.4 is 14.8 Å². The molecule has 0 fully saturated rings. The topological polar surface area (TPSA) is 60.5 Å². The Kier molecular flexibility index (Phi) is 6.54. The van der Waals surface area contributed by atoms with Crippen molar-refractivity contribution in [1.82, 2.24) is 10.3 Å². The number of rotatable bonds is 7. The van der Waals surface area contributed by atoms with Crippen molar-refractivity contribution in [2.24, 2.45) is 0 Å². The first kappa shape index (κ1) is 20.2. The van der Waals surface area contributed by atoms with Crippen molar-refractivity contribution in [3.63, 3.8) is 0 Å². The third kappa shape index (κ3) is 5.03. The Bertz CT molecular complexity index is 955. The van der Waals surface area contributed by atoms with Crippen molar-refractivity contribution in [3.05, 3.63) is 64.1 Å². The highest BCUT2D eigenvalue weighted by molar-refractivity contribution is 7.13. The fourth-order valence-corrected chi connectivity index (χ4v) is 3.43. The van der Waals surface area contributed by atoms with E-state index >= 15 is 0 Å². The molecule has 0 radical (unpaired) electrons. The highest BCUT2D eigenvalue weighted by atomic mass is 35.5. The van der Waals surface area contributed by atoms with Crippen LogP contribution in [-0.4, -0.2) is 24.0 Å². The largest absolute Gasteiger partial charge is 0.493 e. The zero-order chi connectivity index (χ0) is 20.1. The second kappa shape index (κ2) is 9.08. The molecule has 146 valence electrons. The van der Waals surface area contributed by atoms with Gasteiger partial charge in [0.2, 0.25) is 0 Å². The molecule has 3 aromatic rings. The second-order valence-corrected chi connectivity index (χ2v) is 7.74. The minimum absolute atomic E-state index is 0.0646. The summed E-state index contributed by atoms with van der Waals surface area (Å²) in [5.41, 5.74) is 2.29. The van der Waals surface area contributed by atoms with E-state index in [0.717, 1.165) is 16.1 Å². The van der Waals surface area contributed by atoms with Crippen molar-refractivity contribution in [2.75, 3.05) is 7.11 Å². The maximum Gasteiger partial charge on any atom is 0.270 e. The van der Waals surface area contributed by atoms with Crippen LogP contribution in [-0.2, 0) is 6.61 Å².